The molecule has 1 rings (SSSR count). The first-order valence-corrected chi connectivity index (χ1v) is 7.30. The molecule has 0 saturated carbocycles. The van der Waals surface area contributed by atoms with Crippen molar-refractivity contribution in [3.63, 3.8) is 0 Å². The monoisotopic (exact) mass is 313 g/mol. The van der Waals surface area contributed by atoms with Crippen molar-refractivity contribution >= 4 is 29.2 Å². The molecule has 0 fully saturated rings. The summed E-state index contributed by atoms with van der Waals surface area (Å²) in [6.07, 6.45) is 2.58. The minimum atomic E-state index is -0.486. The lowest BCUT2D eigenvalue weighted by Crippen LogP contribution is -2.09. The molecule has 0 aliphatic rings. The number of carbonyl (C=O) groups excluding carboxylic acids is 2. The van der Waals surface area contributed by atoms with E-state index in [0.29, 0.717) is 30.2 Å². The van der Waals surface area contributed by atoms with E-state index < -0.39 is 5.97 Å². The molecule has 116 valence electrons. The molecular formula is C15H20ClNO4. The third kappa shape index (κ3) is 6.49. The summed E-state index contributed by atoms with van der Waals surface area (Å²) in [6.45, 7) is 2.46. The molecule has 1 aromatic carbocycles. The SMILES string of the molecule is CCOC(=O)CCCCCOC(=O)c1cc(Cl)ccc1N. The number of unbranched alkanes of at least 4 members (excludes halogenated alkanes) is 2. The van der Waals surface area contributed by atoms with E-state index in [9.17, 15) is 9.59 Å². The van der Waals surface area contributed by atoms with Crippen LogP contribution in [0.3, 0.4) is 0 Å². The van der Waals surface area contributed by atoms with Gasteiger partial charge >= 0.3 is 11.9 Å². The Morgan fingerprint density at radius 1 is 1.19 bits per heavy atom. The average molecular weight is 314 g/mol. The van der Waals surface area contributed by atoms with E-state index in [-0.39, 0.29) is 18.1 Å². The van der Waals surface area contributed by atoms with Crippen LogP contribution in [0.1, 0.15) is 43.0 Å². The van der Waals surface area contributed by atoms with Gasteiger partial charge in [0.1, 0.15) is 0 Å². The number of nitrogen functional groups attached to an aromatic ring is 1. The lowest BCUT2D eigenvalue weighted by Gasteiger charge is -2.07. The molecular weight excluding hydrogens is 294 g/mol. The quantitative estimate of drug-likeness (QED) is 0.453. The van der Waals surface area contributed by atoms with Crippen LogP contribution < -0.4 is 5.73 Å². The van der Waals surface area contributed by atoms with Crippen LogP contribution in [-0.2, 0) is 14.3 Å². The molecule has 0 atom stereocenters. The lowest BCUT2D eigenvalue weighted by molar-refractivity contribution is -0.143. The van der Waals surface area contributed by atoms with E-state index in [1.807, 2.05) is 0 Å². The van der Waals surface area contributed by atoms with Gasteiger partial charge < -0.3 is 15.2 Å². The Morgan fingerprint density at radius 2 is 1.95 bits per heavy atom. The number of ether oxygens (including phenoxy) is 2. The topological polar surface area (TPSA) is 78.6 Å². The average Bonchev–Trinajstić information content (AvgIpc) is 2.45. The highest BCUT2D eigenvalue weighted by molar-refractivity contribution is 6.31. The molecule has 5 nitrogen and oxygen atoms in total. The van der Waals surface area contributed by atoms with Gasteiger partial charge in [0.15, 0.2) is 0 Å². The van der Waals surface area contributed by atoms with Crippen molar-refractivity contribution in [3.8, 4) is 0 Å². The summed E-state index contributed by atoms with van der Waals surface area (Å²) < 4.78 is 9.94. The maximum Gasteiger partial charge on any atom is 0.340 e. The fourth-order valence-corrected chi connectivity index (χ4v) is 1.90. The maximum absolute atomic E-state index is 11.8. The van der Waals surface area contributed by atoms with Crippen LogP contribution in [-0.4, -0.2) is 25.2 Å². The third-order valence-electron chi connectivity index (χ3n) is 2.80. The first-order chi connectivity index (χ1) is 10.0. The largest absolute Gasteiger partial charge is 0.466 e. The molecule has 0 spiro atoms. The molecule has 0 amide bonds. The number of halogens is 1. The number of hydrogen-bond donors (Lipinski definition) is 1. The molecule has 0 radical (unpaired) electrons. The minimum Gasteiger partial charge on any atom is -0.466 e. The van der Waals surface area contributed by atoms with Crippen LogP contribution in [0.4, 0.5) is 5.69 Å². The van der Waals surface area contributed by atoms with E-state index in [1.54, 1.807) is 19.1 Å². The van der Waals surface area contributed by atoms with Crippen LogP contribution in [0, 0.1) is 0 Å². The molecule has 1 aromatic rings. The minimum absolute atomic E-state index is 0.193. The zero-order valence-electron chi connectivity index (χ0n) is 12.1. The van der Waals surface area contributed by atoms with Crippen LogP contribution >= 0.6 is 11.6 Å². The van der Waals surface area contributed by atoms with Gasteiger partial charge in [0, 0.05) is 17.1 Å². The Balaban J connectivity index is 2.22. The molecule has 21 heavy (non-hydrogen) atoms. The summed E-state index contributed by atoms with van der Waals surface area (Å²) in [5, 5.41) is 0.436. The van der Waals surface area contributed by atoms with E-state index in [4.69, 9.17) is 26.8 Å². The van der Waals surface area contributed by atoms with E-state index in [1.165, 1.54) is 6.07 Å². The molecule has 2 N–H and O–H groups in total. The van der Waals surface area contributed by atoms with Gasteiger partial charge in [0.25, 0.3) is 0 Å². The molecule has 0 aliphatic carbocycles. The highest BCUT2D eigenvalue weighted by Gasteiger charge is 2.11. The van der Waals surface area contributed by atoms with Crippen molar-refractivity contribution in [2.45, 2.75) is 32.6 Å². The van der Waals surface area contributed by atoms with Gasteiger partial charge in [-0.2, -0.15) is 0 Å². The van der Waals surface area contributed by atoms with Gasteiger partial charge in [0.2, 0.25) is 0 Å². The summed E-state index contributed by atoms with van der Waals surface area (Å²) in [5.74, 6) is -0.679. The highest BCUT2D eigenvalue weighted by Crippen LogP contribution is 2.18. The van der Waals surface area contributed by atoms with Crippen molar-refractivity contribution in [2.24, 2.45) is 0 Å². The number of esters is 2. The number of carbonyl (C=O) groups is 2. The van der Waals surface area contributed by atoms with Crippen molar-refractivity contribution in [3.05, 3.63) is 28.8 Å². The Labute approximate surface area is 129 Å². The fourth-order valence-electron chi connectivity index (χ4n) is 1.73. The van der Waals surface area contributed by atoms with E-state index in [2.05, 4.69) is 0 Å². The van der Waals surface area contributed by atoms with Gasteiger partial charge in [-0.3, -0.25) is 4.79 Å². The lowest BCUT2D eigenvalue weighted by atomic mass is 10.2. The number of benzene rings is 1. The first kappa shape index (κ1) is 17.3. The summed E-state index contributed by atoms with van der Waals surface area (Å²) in [6, 6.07) is 4.67. The Hall–Kier alpha value is -1.75. The second-order valence-electron chi connectivity index (χ2n) is 4.48. The van der Waals surface area contributed by atoms with Crippen LogP contribution in [0.2, 0.25) is 5.02 Å². The zero-order chi connectivity index (χ0) is 15.7. The normalized spacial score (nSPS) is 10.2. The molecule has 0 aromatic heterocycles. The van der Waals surface area contributed by atoms with E-state index in [0.717, 1.165) is 12.8 Å². The Kier molecular flexibility index (Phi) is 7.61. The molecule has 0 saturated heterocycles. The molecule has 0 aliphatic heterocycles. The molecule has 0 heterocycles. The molecule has 6 heteroatoms. The van der Waals surface area contributed by atoms with Crippen molar-refractivity contribution in [2.75, 3.05) is 18.9 Å². The van der Waals surface area contributed by atoms with Gasteiger partial charge in [0.05, 0.1) is 18.8 Å². The molecule has 0 unspecified atom stereocenters. The van der Waals surface area contributed by atoms with Gasteiger partial charge in [-0.1, -0.05) is 11.6 Å². The van der Waals surface area contributed by atoms with Gasteiger partial charge in [-0.05, 0) is 44.4 Å². The predicted molar refractivity (Wildman–Crippen MR) is 81.2 cm³/mol. The third-order valence-corrected chi connectivity index (χ3v) is 3.03. The van der Waals surface area contributed by atoms with Crippen LogP contribution in [0.5, 0.6) is 0 Å². The van der Waals surface area contributed by atoms with Crippen LogP contribution in [0.15, 0.2) is 18.2 Å². The zero-order valence-corrected chi connectivity index (χ0v) is 12.8. The smallest absolute Gasteiger partial charge is 0.340 e. The predicted octanol–water partition coefficient (Wildman–Crippen LogP) is 3.20. The number of hydrogen-bond acceptors (Lipinski definition) is 5. The Bertz CT molecular complexity index is 491. The number of anilines is 1. The maximum atomic E-state index is 11.8. The fraction of sp³-hybridized carbons (Fsp3) is 0.467. The summed E-state index contributed by atoms with van der Waals surface area (Å²) in [4.78, 5) is 22.9. The molecule has 0 bridgehead atoms. The second kappa shape index (κ2) is 9.23. The van der Waals surface area contributed by atoms with Crippen LogP contribution in [0.25, 0.3) is 0 Å². The number of rotatable bonds is 8. The van der Waals surface area contributed by atoms with Gasteiger partial charge in [-0.25, -0.2) is 4.79 Å². The van der Waals surface area contributed by atoms with Gasteiger partial charge in [-0.15, -0.1) is 0 Å². The summed E-state index contributed by atoms with van der Waals surface area (Å²) >= 11 is 5.81. The summed E-state index contributed by atoms with van der Waals surface area (Å²) in [5.41, 5.74) is 6.30. The van der Waals surface area contributed by atoms with Crippen molar-refractivity contribution < 1.29 is 19.1 Å². The van der Waals surface area contributed by atoms with E-state index >= 15 is 0 Å². The number of nitrogens with two attached hydrogens (primary N) is 1. The Morgan fingerprint density at radius 3 is 2.67 bits per heavy atom. The highest BCUT2D eigenvalue weighted by atomic mass is 35.5. The first-order valence-electron chi connectivity index (χ1n) is 6.92. The standard InChI is InChI=1S/C15H20ClNO4/c1-2-20-14(18)6-4-3-5-9-21-15(19)12-10-11(16)7-8-13(12)17/h7-8,10H,2-6,9,17H2,1H3. The van der Waals surface area contributed by atoms with Crippen molar-refractivity contribution in [1.29, 1.82) is 0 Å². The second-order valence-corrected chi connectivity index (χ2v) is 4.92. The van der Waals surface area contributed by atoms with Crippen molar-refractivity contribution in [1.82, 2.24) is 0 Å². The summed E-state index contributed by atoms with van der Waals surface area (Å²) in [7, 11) is 0.